The van der Waals surface area contributed by atoms with Gasteiger partial charge in [0.2, 0.25) is 5.91 Å². The van der Waals surface area contributed by atoms with E-state index >= 15 is 0 Å². The van der Waals surface area contributed by atoms with Gasteiger partial charge >= 0.3 is 0 Å². The zero-order valence-electron chi connectivity index (χ0n) is 50.2. The van der Waals surface area contributed by atoms with Crippen molar-refractivity contribution in [2.24, 2.45) is 0 Å². The van der Waals surface area contributed by atoms with Gasteiger partial charge in [0, 0.05) is 6.42 Å². The van der Waals surface area contributed by atoms with Crippen molar-refractivity contribution >= 4 is 5.91 Å². The van der Waals surface area contributed by atoms with Crippen molar-refractivity contribution in [3.8, 4) is 0 Å². The molecule has 0 spiro atoms. The Bertz CT molecular complexity index is 1630. The van der Waals surface area contributed by atoms with Gasteiger partial charge in [-0.2, -0.15) is 0 Å². The Morgan fingerprint density at radius 1 is 0.325 bits per heavy atom. The molecule has 0 aromatic carbocycles. The topological polar surface area (TPSA) is 69.6 Å². The zero-order chi connectivity index (χ0) is 55.5. The SMILES string of the molecule is CC/C=C\C/C=C\C/C=C\C/C=C\C/C=C\C/C=C\C/C=C\C/C=C\C/C=C\C/C=C\CCCCCCCCC(=O)NC(CO)C(O)/C=C/CC/C=C/CC/C=C/CCCCCCCCCCCCCCCCCCCC. The van der Waals surface area contributed by atoms with E-state index in [1.807, 2.05) is 6.08 Å². The summed E-state index contributed by atoms with van der Waals surface area (Å²) in [5, 5.41) is 23.2. The molecule has 0 aromatic heterocycles. The van der Waals surface area contributed by atoms with Gasteiger partial charge in [-0.3, -0.25) is 4.79 Å². The van der Waals surface area contributed by atoms with Gasteiger partial charge in [-0.05, 0) is 122 Å². The molecule has 0 aliphatic heterocycles. The molecule has 3 N–H and O–H groups in total. The molecule has 0 aromatic rings. The lowest BCUT2D eigenvalue weighted by Gasteiger charge is -2.19. The van der Waals surface area contributed by atoms with Crippen LogP contribution in [0.15, 0.2) is 158 Å². The normalized spacial score (nSPS) is 13.9. The van der Waals surface area contributed by atoms with Crippen molar-refractivity contribution in [2.45, 2.75) is 289 Å². The molecule has 4 heteroatoms. The molecule has 436 valence electrons. The smallest absolute Gasteiger partial charge is 0.220 e. The Labute approximate surface area is 477 Å². The summed E-state index contributed by atoms with van der Waals surface area (Å²) >= 11 is 0. The minimum atomic E-state index is -0.890. The van der Waals surface area contributed by atoms with Crippen LogP contribution in [-0.2, 0) is 4.79 Å². The van der Waals surface area contributed by atoms with Crippen LogP contribution in [0.3, 0.4) is 0 Å². The standard InChI is InChI=1S/C73H121NO3/c1-3-5-7-9-11-13-15-17-19-21-23-25-27-29-31-33-34-35-36-37-38-39-40-41-43-45-47-49-51-53-55-57-59-61-63-65-67-69-73(77)74-71(70-75)72(76)68-66-64-62-60-58-56-54-52-50-48-46-44-42-32-30-28-26-24-22-20-18-16-14-12-10-8-6-4-2/h5,7,11,13,17,19,23,25,29,31,34-35,37-38,40-41,45,47,50-53,58,60,66,68,71-72,75-76H,3-4,6,8-10,12,14-16,18,20-22,24,26-28,30,32-33,36,39,42-44,46,48-49,54-57,59,61-65,67,69-70H2,1-2H3,(H,74,77)/b7-5-,13-11-,19-17-,25-23-,31-29-,35-34-,38-37-,41-40-,47-45-,52-50+,53-51-,60-58+,68-66+. The molecule has 0 radical (unpaired) electrons. The highest BCUT2D eigenvalue weighted by Crippen LogP contribution is 2.16. The summed E-state index contributed by atoms with van der Waals surface area (Å²) in [5.41, 5.74) is 0. The van der Waals surface area contributed by atoms with Crippen LogP contribution in [0.2, 0.25) is 0 Å². The third kappa shape index (κ3) is 62.7. The van der Waals surface area contributed by atoms with E-state index in [1.54, 1.807) is 6.08 Å². The molecular formula is C73H121NO3. The number of carbonyl (C=O) groups excluding carboxylic acids is 1. The maximum atomic E-state index is 12.5. The summed E-state index contributed by atoms with van der Waals surface area (Å²) in [6.45, 7) is 4.18. The van der Waals surface area contributed by atoms with E-state index in [0.29, 0.717) is 6.42 Å². The number of allylic oxidation sites excluding steroid dienone is 25. The predicted molar refractivity (Wildman–Crippen MR) is 344 cm³/mol. The van der Waals surface area contributed by atoms with Crippen molar-refractivity contribution in [3.63, 3.8) is 0 Å². The molecule has 77 heavy (non-hydrogen) atoms. The van der Waals surface area contributed by atoms with Crippen LogP contribution in [0.25, 0.3) is 0 Å². The van der Waals surface area contributed by atoms with E-state index in [2.05, 4.69) is 165 Å². The lowest BCUT2D eigenvalue weighted by Crippen LogP contribution is -2.45. The second-order valence-corrected chi connectivity index (χ2v) is 21.1. The van der Waals surface area contributed by atoms with Crippen LogP contribution >= 0.6 is 0 Å². The Balaban J connectivity index is 3.68. The van der Waals surface area contributed by atoms with Gasteiger partial charge in [-0.25, -0.2) is 0 Å². The summed E-state index contributed by atoms with van der Waals surface area (Å²) < 4.78 is 0. The molecule has 0 heterocycles. The first-order valence-electron chi connectivity index (χ1n) is 32.2. The zero-order valence-corrected chi connectivity index (χ0v) is 50.2. The van der Waals surface area contributed by atoms with E-state index in [4.69, 9.17) is 0 Å². The van der Waals surface area contributed by atoms with E-state index in [-0.39, 0.29) is 12.5 Å². The number of carbonyl (C=O) groups is 1. The Hall–Kier alpha value is -3.99. The molecule has 2 unspecified atom stereocenters. The van der Waals surface area contributed by atoms with Crippen molar-refractivity contribution in [1.29, 1.82) is 0 Å². The molecule has 0 aliphatic carbocycles. The maximum absolute atomic E-state index is 12.5. The van der Waals surface area contributed by atoms with Crippen LogP contribution in [0, 0.1) is 0 Å². The number of unbranched alkanes of at least 4 members (excludes halogenated alkanes) is 26. The van der Waals surface area contributed by atoms with Gasteiger partial charge in [0.15, 0.2) is 0 Å². The Morgan fingerprint density at radius 2 is 0.584 bits per heavy atom. The molecule has 0 bridgehead atoms. The van der Waals surface area contributed by atoms with Crippen LogP contribution in [0.5, 0.6) is 0 Å². The highest BCUT2D eigenvalue weighted by atomic mass is 16.3. The summed E-state index contributed by atoms with van der Waals surface area (Å²) in [6.07, 6.45) is 106. The first kappa shape index (κ1) is 73.0. The molecule has 0 rings (SSSR count). The van der Waals surface area contributed by atoms with E-state index < -0.39 is 12.1 Å². The second-order valence-electron chi connectivity index (χ2n) is 21.1. The number of rotatable bonds is 57. The molecular weight excluding hydrogens is 939 g/mol. The maximum Gasteiger partial charge on any atom is 0.220 e. The summed E-state index contributed by atoms with van der Waals surface area (Å²) in [7, 11) is 0. The fourth-order valence-electron chi connectivity index (χ4n) is 8.89. The Morgan fingerprint density at radius 3 is 0.909 bits per heavy atom. The first-order chi connectivity index (χ1) is 38.2. The fraction of sp³-hybridized carbons (Fsp3) is 0.630. The molecule has 0 aliphatic rings. The highest BCUT2D eigenvalue weighted by molar-refractivity contribution is 5.76. The van der Waals surface area contributed by atoms with Gasteiger partial charge < -0.3 is 15.5 Å². The minimum Gasteiger partial charge on any atom is -0.394 e. The number of amides is 1. The van der Waals surface area contributed by atoms with Gasteiger partial charge in [-0.15, -0.1) is 0 Å². The summed E-state index contributed by atoms with van der Waals surface area (Å²) in [5.74, 6) is -0.0975. The molecule has 0 fully saturated rings. The highest BCUT2D eigenvalue weighted by Gasteiger charge is 2.18. The lowest BCUT2D eigenvalue weighted by atomic mass is 10.0. The average Bonchev–Trinajstić information content (AvgIpc) is 3.43. The number of hydrogen-bond acceptors (Lipinski definition) is 3. The van der Waals surface area contributed by atoms with Gasteiger partial charge in [-0.1, -0.05) is 307 Å². The summed E-state index contributed by atoms with van der Waals surface area (Å²) in [4.78, 5) is 12.5. The van der Waals surface area contributed by atoms with Crippen molar-refractivity contribution in [3.05, 3.63) is 158 Å². The van der Waals surface area contributed by atoms with Crippen LogP contribution in [0.4, 0.5) is 0 Å². The van der Waals surface area contributed by atoms with Gasteiger partial charge in [0.05, 0.1) is 18.8 Å². The third-order valence-corrected chi connectivity index (χ3v) is 13.7. The van der Waals surface area contributed by atoms with Crippen LogP contribution < -0.4 is 5.32 Å². The quantitative estimate of drug-likeness (QED) is 0.0420. The predicted octanol–water partition coefficient (Wildman–Crippen LogP) is 22.1. The summed E-state index contributed by atoms with van der Waals surface area (Å²) in [6, 6.07) is -0.668. The lowest BCUT2D eigenvalue weighted by molar-refractivity contribution is -0.123. The van der Waals surface area contributed by atoms with E-state index in [0.717, 1.165) is 116 Å². The average molecular weight is 1060 g/mol. The molecule has 1 amide bonds. The van der Waals surface area contributed by atoms with E-state index in [9.17, 15) is 15.0 Å². The van der Waals surface area contributed by atoms with Gasteiger partial charge in [0.1, 0.15) is 0 Å². The Kier molecular flexibility index (Phi) is 62.9. The largest absolute Gasteiger partial charge is 0.394 e. The van der Waals surface area contributed by atoms with Crippen molar-refractivity contribution in [1.82, 2.24) is 5.32 Å². The van der Waals surface area contributed by atoms with Gasteiger partial charge in [0.25, 0.3) is 0 Å². The van der Waals surface area contributed by atoms with E-state index in [1.165, 1.54) is 141 Å². The molecule has 4 nitrogen and oxygen atoms in total. The second kappa shape index (κ2) is 66.3. The first-order valence-corrected chi connectivity index (χ1v) is 32.2. The minimum absolute atomic E-state index is 0.0975. The monoisotopic (exact) mass is 1060 g/mol. The number of hydrogen-bond donors (Lipinski definition) is 3. The molecule has 2 atom stereocenters. The number of aliphatic hydroxyl groups is 2. The molecule has 0 saturated heterocycles. The third-order valence-electron chi connectivity index (χ3n) is 13.7. The molecule has 0 saturated carbocycles. The number of nitrogens with one attached hydrogen (secondary N) is 1. The van der Waals surface area contributed by atoms with Crippen molar-refractivity contribution < 1.29 is 15.0 Å². The van der Waals surface area contributed by atoms with Crippen LogP contribution in [-0.4, -0.2) is 34.9 Å². The van der Waals surface area contributed by atoms with Crippen molar-refractivity contribution in [2.75, 3.05) is 6.61 Å². The number of aliphatic hydroxyl groups excluding tert-OH is 2. The fourth-order valence-corrected chi connectivity index (χ4v) is 8.89. The van der Waals surface area contributed by atoms with Crippen LogP contribution in [0.1, 0.15) is 277 Å².